The van der Waals surface area contributed by atoms with E-state index in [2.05, 4.69) is 9.80 Å². The number of unbranched alkanes of at least 4 members (excludes halogenated alkanes) is 1. The number of hydrogen-bond donors (Lipinski definition) is 0. The van der Waals surface area contributed by atoms with Crippen LogP contribution < -0.4 is 14.7 Å². The summed E-state index contributed by atoms with van der Waals surface area (Å²) in [5.41, 5.74) is 2.92. The van der Waals surface area contributed by atoms with Gasteiger partial charge in [0.15, 0.2) is 0 Å². The first-order chi connectivity index (χ1) is 15.6. The molecule has 0 spiro atoms. The van der Waals surface area contributed by atoms with E-state index in [9.17, 15) is 4.79 Å². The second kappa shape index (κ2) is 10.8. The predicted octanol–water partition coefficient (Wildman–Crippen LogP) is 4.82. The average Bonchev–Trinajstić information content (AvgIpc) is 2.81. The SMILES string of the molecule is CON1C(=O)CCc2ccc(OCCCCN3CCN(c4cccc(Cl)c4Cl)CC3)cc21. The fourth-order valence-electron chi connectivity index (χ4n) is 4.29. The van der Waals surface area contributed by atoms with Crippen molar-refractivity contribution in [3.63, 3.8) is 0 Å². The minimum atomic E-state index is -0.0186. The number of piperazine rings is 1. The number of hydrogen-bond acceptors (Lipinski definition) is 5. The maximum absolute atomic E-state index is 12.0. The topological polar surface area (TPSA) is 45.2 Å². The van der Waals surface area contributed by atoms with Crippen molar-refractivity contribution >= 4 is 40.5 Å². The highest BCUT2D eigenvalue weighted by molar-refractivity contribution is 6.43. The molecular formula is C24H29Cl2N3O3. The van der Waals surface area contributed by atoms with E-state index in [4.69, 9.17) is 32.8 Å². The van der Waals surface area contributed by atoms with Crippen molar-refractivity contribution < 1.29 is 14.4 Å². The molecule has 0 saturated carbocycles. The number of amides is 1. The van der Waals surface area contributed by atoms with E-state index in [1.54, 1.807) is 0 Å². The summed E-state index contributed by atoms with van der Waals surface area (Å²) in [5, 5.41) is 2.61. The number of nitrogens with zero attached hydrogens (tertiary/aromatic N) is 3. The van der Waals surface area contributed by atoms with Crippen LogP contribution in [-0.2, 0) is 16.1 Å². The Kier molecular flexibility index (Phi) is 7.79. The fourth-order valence-corrected chi connectivity index (χ4v) is 4.70. The van der Waals surface area contributed by atoms with Gasteiger partial charge in [-0.1, -0.05) is 35.3 Å². The smallest absolute Gasteiger partial charge is 0.251 e. The van der Waals surface area contributed by atoms with Gasteiger partial charge in [0.2, 0.25) is 0 Å². The van der Waals surface area contributed by atoms with Gasteiger partial charge in [-0.25, -0.2) is 0 Å². The van der Waals surface area contributed by atoms with E-state index in [0.29, 0.717) is 23.1 Å². The molecule has 0 radical (unpaired) electrons. The monoisotopic (exact) mass is 477 g/mol. The maximum atomic E-state index is 12.0. The fraction of sp³-hybridized carbons (Fsp3) is 0.458. The minimum Gasteiger partial charge on any atom is -0.494 e. The molecule has 2 aromatic rings. The highest BCUT2D eigenvalue weighted by atomic mass is 35.5. The molecule has 1 saturated heterocycles. The molecule has 2 aromatic carbocycles. The number of benzene rings is 2. The molecule has 0 atom stereocenters. The number of ether oxygens (including phenoxy) is 1. The molecule has 32 heavy (non-hydrogen) atoms. The Morgan fingerprint density at radius 2 is 1.78 bits per heavy atom. The first-order valence-electron chi connectivity index (χ1n) is 11.1. The second-order valence-corrected chi connectivity index (χ2v) is 8.90. The second-order valence-electron chi connectivity index (χ2n) is 8.12. The normalized spacial score (nSPS) is 16.9. The zero-order valence-corrected chi connectivity index (χ0v) is 19.9. The lowest BCUT2D eigenvalue weighted by atomic mass is 10.0. The largest absolute Gasteiger partial charge is 0.494 e. The lowest BCUT2D eigenvalue weighted by Crippen LogP contribution is -2.46. The molecule has 172 valence electrons. The van der Waals surface area contributed by atoms with Gasteiger partial charge in [-0.15, -0.1) is 0 Å². The van der Waals surface area contributed by atoms with Crippen molar-refractivity contribution in [2.75, 3.05) is 56.4 Å². The van der Waals surface area contributed by atoms with Crippen LogP contribution in [-0.4, -0.2) is 57.2 Å². The summed E-state index contributed by atoms with van der Waals surface area (Å²) in [4.78, 5) is 22.1. The van der Waals surface area contributed by atoms with Gasteiger partial charge >= 0.3 is 0 Å². The summed E-state index contributed by atoms with van der Waals surface area (Å²) in [6.07, 6.45) is 3.27. The van der Waals surface area contributed by atoms with Gasteiger partial charge in [-0.3, -0.25) is 14.5 Å². The van der Waals surface area contributed by atoms with Crippen LogP contribution >= 0.6 is 23.2 Å². The number of rotatable bonds is 8. The van der Waals surface area contributed by atoms with Crippen LogP contribution in [0.1, 0.15) is 24.8 Å². The van der Waals surface area contributed by atoms with Crippen molar-refractivity contribution in [1.82, 2.24) is 4.90 Å². The standard InChI is InChI=1S/C24H29Cl2N3O3/c1-31-29-22-17-19(9-7-18(22)8-10-23(29)30)32-16-3-2-11-27-12-14-28(15-13-27)21-6-4-5-20(25)24(21)26/h4-7,9,17H,2-3,8,10-16H2,1H3. The van der Waals surface area contributed by atoms with Gasteiger partial charge in [0.05, 0.1) is 35.1 Å². The van der Waals surface area contributed by atoms with Crippen molar-refractivity contribution in [1.29, 1.82) is 0 Å². The molecule has 0 bridgehead atoms. The van der Waals surface area contributed by atoms with E-state index in [1.807, 2.05) is 36.4 Å². The first kappa shape index (κ1) is 23.2. The number of aryl methyl sites for hydroxylation is 1. The van der Waals surface area contributed by atoms with Crippen LogP contribution in [0.25, 0.3) is 0 Å². The van der Waals surface area contributed by atoms with Crippen molar-refractivity contribution in [3.8, 4) is 5.75 Å². The molecule has 0 aliphatic carbocycles. The Morgan fingerprint density at radius 3 is 2.56 bits per heavy atom. The Bertz CT molecular complexity index is 948. The molecule has 1 fully saturated rings. The predicted molar refractivity (Wildman–Crippen MR) is 129 cm³/mol. The number of fused-ring (bicyclic) bond motifs is 1. The molecule has 0 N–H and O–H groups in total. The first-order valence-corrected chi connectivity index (χ1v) is 11.9. The Morgan fingerprint density at radius 1 is 0.969 bits per heavy atom. The quantitative estimate of drug-likeness (QED) is 0.510. The average molecular weight is 478 g/mol. The van der Waals surface area contributed by atoms with E-state index < -0.39 is 0 Å². The summed E-state index contributed by atoms with van der Waals surface area (Å²) in [6, 6.07) is 11.7. The van der Waals surface area contributed by atoms with Gasteiger partial charge in [-0.05, 0) is 49.6 Å². The molecular weight excluding hydrogens is 449 g/mol. The van der Waals surface area contributed by atoms with E-state index in [-0.39, 0.29) is 5.91 Å². The molecule has 2 heterocycles. The van der Waals surface area contributed by atoms with Gasteiger partial charge < -0.3 is 9.64 Å². The van der Waals surface area contributed by atoms with Gasteiger partial charge in [0.25, 0.3) is 5.91 Å². The van der Waals surface area contributed by atoms with Crippen molar-refractivity contribution in [2.45, 2.75) is 25.7 Å². The third-order valence-corrected chi connectivity index (χ3v) is 6.88. The molecule has 1 amide bonds. The van der Waals surface area contributed by atoms with Crippen LogP contribution in [0.5, 0.6) is 5.75 Å². The Balaban J connectivity index is 1.18. The third-order valence-electron chi connectivity index (χ3n) is 6.07. The van der Waals surface area contributed by atoms with Crippen LogP contribution in [0.4, 0.5) is 11.4 Å². The summed E-state index contributed by atoms with van der Waals surface area (Å²) in [6.45, 7) is 5.61. The molecule has 2 aliphatic rings. The number of hydroxylamine groups is 1. The van der Waals surface area contributed by atoms with Crippen LogP contribution in [0.15, 0.2) is 36.4 Å². The van der Waals surface area contributed by atoms with Crippen LogP contribution in [0.3, 0.4) is 0 Å². The van der Waals surface area contributed by atoms with E-state index in [0.717, 1.165) is 74.7 Å². The summed E-state index contributed by atoms with van der Waals surface area (Å²) < 4.78 is 5.94. The number of carbonyl (C=O) groups excluding carboxylic acids is 1. The van der Waals surface area contributed by atoms with Gasteiger partial charge in [0.1, 0.15) is 5.75 Å². The summed E-state index contributed by atoms with van der Waals surface area (Å²) >= 11 is 12.5. The third kappa shape index (κ3) is 5.31. The zero-order valence-electron chi connectivity index (χ0n) is 18.4. The Labute approximate surface area is 199 Å². The maximum Gasteiger partial charge on any atom is 0.251 e. The number of carbonyl (C=O) groups is 1. The van der Waals surface area contributed by atoms with E-state index in [1.165, 1.54) is 12.2 Å². The van der Waals surface area contributed by atoms with Crippen LogP contribution in [0.2, 0.25) is 10.0 Å². The molecule has 2 aliphatic heterocycles. The molecule has 8 heteroatoms. The zero-order chi connectivity index (χ0) is 22.5. The van der Waals surface area contributed by atoms with Gasteiger partial charge in [0, 0.05) is 38.7 Å². The molecule has 6 nitrogen and oxygen atoms in total. The van der Waals surface area contributed by atoms with Gasteiger partial charge in [-0.2, -0.15) is 5.06 Å². The highest BCUT2D eigenvalue weighted by Crippen LogP contribution is 2.33. The highest BCUT2D eigenvalue weighted by Gasteiger charge is 2.25. The molecule has 0 unspecified atom stereocenters. The van der Waals surface area contributed by atoms with Crippen molar-refractivity contribution in [2.24, 2.45) is 0 Å². The lowest BCUT2D eigenvalue weighted by molar-refractivity contribution is -0.125. The molecule has 4 rings (SSSR count). The van der Waals surface area contributed by atoms with Crippen molar-refractivity contribution in [3.05, 3.63) is 52.0 Å². The number of anilines is 2. The lowest BCUT2D eigenvalue weighted by Gasteiger charge is -2.36. The van der Waals surface area contributed by atoms with E-state index >= 15 is 0 Å². The summed E-state index contributed by atoms with van der Waals surface area (Å²) in [7, 11) is 1.52. The Hall–Kier alpha value is -1.99. The molecule has 0 aromatic heterocycles. The summed E-state index contributed by atoms with van der Waals surface area (Å²) in [5.74, 6) is 0.752. The van der Waals surface area contributed by atoms with Crippen LogP contribution in [0, 0.1) is 0 Å². The number of halogens is 2. The minimum absolute atomic E-state index is 0.0186.